The molecule has 1 N–H and O–H groups in total. The van der Waals surface area contributed by atoms with Gasteiger partial charge in [-0.15, -0.1) is 0 Å². The van der Waals surface area contributed by atoms with Gasteiger partial charge in [0.25, 0.3) is 5.56 Å². The molecule has 0 unspecified atom stereocenters. The highest BCUT2D eigenvalue weighted by Crippen LogP contribution is 2.18. The van der Waals surface area contributed by atoms with Crippen LogP contribution < -0.4 is 11.2 Å². The molecule has 0 fully saturated rings. The second-order valence-electron chi connectivity index (χ2n) is 5.74. The molecule has 0 spiro atoms. The van der Waals surface area contributed by atoms with Crippen LogP contribution in [0.5, 0.6) is 0 Å². The summed E-state index contributed by atoms with van der Waals surface area (Å²) >= 11 is 6.25. The third-order valence-electron chi connectivity index (χ3n) is 3.92. The number of allylic oxidation sites excluding steroid dienone is 5. The summed E-state index contributed by atoms with van der Waals surface area (Å²) in [5.74, 6) is 0. The van der Waals surface area contributed by atoms with Crippen LogP contribution in [0, 0.1) is 0 Å². The minimum Gasteiger partial charge on any atom is -0.396 e. The Hall–Kier alpha value is -2.38. The van der Waals surface area contributed by atoms with E-state index in [2.05, 4.69) is 11.6 Å². The van der Waals surface area contributed by atoms with E-state index in [1.165, 1.54) is 4.57 Å². The van der Waals surface area contributed by atoms with Crippen molar-refractivity contribution in [1.82, 2.24) is 18.7 Å². The highest BCUT2D eigenvalue weighted by atomic mass is 35.5. The first-order valence-corrected chi connectivity index (χ1v) is 8.81. The van der Waals surface area contributed by atoms with Crippen LogP contribution in [0.25, 0.3) is 11.2 Å². The number of imidazole rings is 1. The molecule has 0 saturated carbocycles. The zero-order valence-corrected chi connectivity index (χ0v) is 15.7. The number of hydrogen-bond donors (Lipinski definition) is 1. The number of nitrogens with zero attached hydrogens (tertiary/aromatic N) is 4. The molecule has 0 aliphatic carbocycles. The molecule has 0 aromatic carbocycles. The Bertz CT molecular complexity index is 979. The number of aromatic nitrogens is 4. The number of fused-ring (bicyclic) bond motifs is 1. The smallest absolute Gasteiger partial charge is 0.332 e. The van der Waals surface area contributed by atoms with Gasteiger partial charge in [0.1, 0.15) is 0 Å². The van der Waals surface area contributed by atoms with E-state index in [9.17, 15) is 9.59 Å². The maximum absolute atomic E-state index is 12.9. The van der Waals surface area contributed by atoms with Gasteiger partial charge in [-0.1, -0.05) is 30.9 Å². The van der Waals surface area contributed by atoms with Crippen LogP contribution in [-0.2, 0) is 19.6 Å². The average Bonchev–Trinajstić information content (AvgIpc) is 2.92. The van der Waals surface area contributed by atoms with Crippen LogP contribution >= 0.6 is 11.6 Å². The molecule has 7 nitrogen and oxygen atoms in total. The number of rotatable bonds is 8. The van der Waals surface area contributed by atoms with E-state index in [1.807, 2.05) is 31.2 Å². The summed E-state index contributed by atoms with van der Waals surface area (Å²) in [4.78, 5) is 29.7. The predicted molar refractivity (Wildman–Crippen MR) is 104 cm³/mol. The van der Waals surface area contributed by atoms with Crippen molar-refractivity contribution in [2.45, 2.75) is 39.9 Å². The molecule has 0 saturated heterocycles. The Kier molecular flexibility index (Phi) is 6.76. The molecule has 0 bridgehead atoms. The van der Waals surface area contributed by atoms with Crippen molar-refractivity contribution in [2.75, 3.05) is 6.61 Å². The van der Waals surface area contributed by atoms with Gasteiger partial charge in [-0.05, 0) is 37.4 Å². The number of aliphatic hydroxyl groups is 1. The summed E-state index contributed by atoms with van der Waals surface area (Å²) in [6.45, 7) is 8.34. The molecule has 0 aliphatic rings. The fourth-order valence-corrected chi connectivity index (χ4v) is 2.90. The molecule has 0 aliphatic heterocycles. The monoisotopic (exact) mass is 378 g/mol. The summed E-state index contributed by atoms with van der Waals surface area (Å²) in [5, 5.41) is 9.17. The topological polar surface area (TPSA) is 82.1 Å². The van der Waals surface area contributed by atoms with Gasteiger partial charge in [0.05, 0.1) is 6.54 Å². The first-order valence-electron chi connectivity index (χ1n) is 8.43. The van der Waals surface area contributed by atoms with E-state index in [0.717, 1.165) is 10.1 Å². The predicted octanol–water partition coefficient (Wildman–Crippen LogP) is 2.10. The Morgan fingerprint density at radius 1 is 1.27 bits per heavy atom. The minimum atomic E-state index is -0.465. The Labute approximate surface area is 156 Å². The molecule has 140 valence electrons. The number of hydrogen-bond acceptors (Lipinski definition) is 4. The van der Waals surface area contributed by atoms with Crippen LogP contribution in [0.1, 0.15) is 20.3 Å². The van der Waals surface area contributed by atoms with Gasteiger partial charge in [0.15, 0.2) is 11.2 Å². The highest BCUT2D eigenvalue weighted by molar-refractivity contribution is 6.29. The van der Waals surface area contributed by atoms with Gasteiger partial charge >= 0.3 is 5.69 Å². The van der Waals surface area contributed by atoms with Crippen molar-refractivity contribution in [3.8, 4) is 0 Å². The van der Waals surface area contributed by atoms with Crippen LogP contribution in [0.4, 0.5) is 0 Å². The lowest BCUT2D eigenvalue weighted by Gasteiger charge is -2.11. The molecule has 2 heterocycles. The summed E-state index contributed by atoms with van der Waals surface area (Å²) in [5.41, 5.74) is 0.340. The van der Waals surface area contributed by atoms with E-state index in [1.54, 1.807) is 11.5 Å². The molecule has 2 rings (SSSR count). The largest absolute Gasteiger partial charge is 0.396 e. The Morgan fingerprint density at radius 3 is 2.62 bits per heavy atom. The molecular weight excluding hydrogens is 356 g/mol. The molecule has 0 atom stereocenters. The SMILES string of the molecule is C=C(/C=C\C=C/C)Cn1c(Cl)nc2c1c(=O)n(CCCO)c(=O)n2CC. The normalized spacial score (nSPS) is 12.0. The molecular formula is C18H23ClN4O3. The number of halogens is 1. The van der Waals surface area contributed by atoms with E-state index < -0.39 is 11.2 Å². The lowest BCUT2D eigenvalue weighted by molar-refractivity contribution is 0.277. The van der Waals surface area contributed by atoms with Crippen LogP contribution in [0.15, 0.2) is 46.0 Å². The van der Waals surface area contributed by atoms with Crippen molar-refractivity contribution in [1.29, 1.82) is 0 Å². The van der Waals surface area contributed by atoms with Crippen molar-refractivity contribution >= 4 is 22.8 Å². The van der Waals surface area contributed by atoms with Gasteiger partial charge in [0, 0.05) is 19.7 Å². The van der Waals surface area contributed by atoms with Crippen molar-refractivity contribution < 1.29 is 5.11 Å². The number of aliphatic hydroxyl groups excluding tert-OH is 1. The zero-order valence-electron chi connectivity index (χ0n) is 15.0. The van der Waals surface area contributed by atoms with Gasteiger partial charge in [-0.3, -0.25) is 13.9 Å². The lowest BCUT2D eigenvalue weighted by atomic mass is 10.2. The van der Waals surface area contributed by atoms with Crippen LogP contribution in [0.3, 0.4) is 0 Å². The molecule has 2 aromatic rings. The second-order valence-corrected chi connectivity index (χ2v) is 6.08. The van der Waals surface area contributed by atoms with E-state index in [4.69, 9.17) is 16.7 Å². The molecule has 26 heavy (non-hydrogen) atoms. The van der Waals surface area contributed by atoms with Crippen LogP contribution in [0.2, 0.25) is 5.28 Å². The number of aryl methyl sites for hydroxylation is 1. The molecule has 0 amide bonds. The molecule has 8 heteroatoms. The van der Waals surface area contributed by atoms with E-state index in [-0.39, 0.29) is 36.1 Å². The summed E-state index contributed by atoms with van der Waals surface area (Å²) < 4.78 is 4.09. The summed E-state index contributed by atoms with van der Waals surface area (Å²) in [6, 6.07) is 0. The first kappa shape index (κ1) is 19.9. The minimum absolute atomic E-state index is 0.109. The van der Waals surface area contributed by atoms with Crippen molar-refractivity contribution in [2.24, 2.45) is 0 Å². The van der Waals surface area contributed by atoms with Crippen molar-refractivity contribution in [3.63, 3.8) is 0 Å². The molecule has 0 radical (unpaired) electrons. The fourth-order valence-electron chi connectivity index (χ4n) is 2.68. The summed E-state index contributed by atoms with van der Waals surface area (Å²) in [7, 11) is 0. The quantitative estimate of drug-likeness (QED) is 0.563. The maximum atomic E-state index is 12.9. The van der Waals surface area contributed by atoms with Crippen LogP contribution in [-0.4, -0.2) is 30.4 Å². The fraction of sp³-hybridized carbons (Fsp3) is 0.389. The maximum Gasteiger partial charge on any atom is 0.332 e. The van der Waals surface area contributed by atoms with Gasteiger partial charge in [-0.2, -0.15) is 4.98 Å². The second kappa shape index (κ2) is 8.82. The molecule has 2 aromatic heterocycles. The Balaban J connectivity index is 2.65. The summed E-state index contributed by atoms with van der Waals surface area (Å²) in [6.07, 6.45) is 7.74. The third kappa shape index (κ3) is 3.89. The van der Waals surface area contributed by atoms with E-state index in [0.29, 0.717) is 13.0 Å². The Morgan fingerprint density at radius 2 is 2.00 bits per heavy atom. The average molecular weight is 379 g/mol. The standard InChI is InChI=1S/C18H23ClN4O3/c1-4-6-7-9-13(3)12-23-14-15(20-17(23)19)21(5-2)18(26)22(16(14)25)10-8-11-24/h4,6-7,9,24H,3,5,8,10-12H2,1-2H3/b6-4-,9-7-. The van der Waals surface area contributed by atoms with Gasteiger partial charge in [-0.25, -0.2) is 4.79 Å². The van der Waals surface area contributed by atoms with Gasteiger partial charge in [0.2, 0.25) is 5.28 Å². The first-order chi connectivity index (χ1) is 12.5. The zero-order chi connectivity index (χ0) is 19.3. The lowest BCUT2D eigenvalue weighted by Crippen LogP contribution is -2.40. The van der Waals surface area contributed by atoms with Gasteiger partial charge < -0.3 is 9.67 Å². The van der Waals surface area contributed by atoms with E-state index >= 15 is 0 Å². The highest BCUT2D eigenvalue weighted by Gasteiger charge is 2.20. The van der Waals surface area contributed by atoms with Crippen molar-refractivity contribution in [3.05, 3.63) is 62.6 Å². The third-order valence-corrected chi connectivity index (χ3v) is 4.21.